The summed E-state index contributed by atoms with van der Waals surface area (Å²) < 4.78 is 0. The Bertz CT molecular complexity index is 269. The van der Waals surface area contributed by atoms with Gasteiger partial charge in [0, 0.05) is 5.69 Å². The number of para-hydroxylation sites is 1. The van der Waals surface area contributed by atoms with Crippen LogP contribution in [0, 0.1) is 0 Å². The predicted molar refractivity (Wildman–Crippen MR) is 66.8 cm³/mol. The van der Waals surface area contributed by atoms with Crippen LogP contribution in [0.15, 0.2) is 30.3 Å². The van der Waals surface area contributed by atoms with Gasteiger partial charge in [-0.2, -0.15) is 0 Å². The van der Waals surface area contributed by atoms with E-state index in [1.807, 2.05) is 30.3 Å². The van der Waals surface area contributed by atoms with Crippen LogP contribution in [0.5, 0.6) is 0 Å². The Morgan fingerprint density at radius 2 is 1.93 bits per heavy atom. The number of nitrogens with one attached hydrogen (secondary N) is 1. The highest BCUT2D eigenvalue weighted by atomic mass is 32.1. The van der Waals surface area contributed by atoms with E-state index >= 15 is 0 Å². The van der Waals surface area contributed by atoms with Gasteiger partial charge in [-0.1, -0.05) is 50.2 Å². The van der Waals surface area contributed by atoms with E-state index in [1.54, 1.807) is 0 Å². The van der Waals surface area contributed by atoms with Gasteiger partial charge < -0.3 is 5.32 Å². The summed E-state index contributed by atoms with van der Waals surface area (Å²) in [6.07, 6.45) is 4.69. The van der Waals surface area contributed by atoms with E-state index in [4.69, 9.17) is 12.2 Å². The molecule has 1 rings (SSSR count). The van der Waals surface area contributed by atoms with Crippen molar-refractivity contribution in [2.45, 2.75) is 32.6 Å². The lowest BCUT2D eigenvalue weighted by molar-refractivity contribution is 0.744. The summed E-state index contributed by atoms with van der Waals surface area (Å²) in [7, 11) is 0. The molecular formula is C12H17NS. The van der Waals surface area contributed by atoms with Gasteiger partial charge in [-0.05, 0) is 25.0 Å². The third-order valence-electron chi connectivity index (χ3n) is 2.06. The molecule has 76 valence electrons. The zero-order valence-electron chi connectivity index (χ0n) is 8.62. The summed E-state index contributed by atoms with van der Waals surface area (Å²) in [4.78, 5) is 0.949. The molecule has 0 aromatic heterocycles. The summed E-state index contributed by atoms with van der Waals surface area (Å²) in [6, 6.07) is 10.1. The van der Waals surface area contributed by atoms with E-state index in [0.717, 1.165) is 17.1 Å². The Balaban J connectivity index is 2.27. The van der Waals surface area contributed by atoms with Gasteiger partial charge in [0.25, 0.3) is 0 Å². The predicted octanol–water partition coefficient (Wildman–Crippen LogP) is 4.01. The molecule has 1 nitrogen and oxygen atoms in total. The molecule has 0 unspecified atom stereocenters. The molecular weight excluding hydrogens is 190 g/mol. The molecule has 0 bridgehead atoms. The van der Waals surface area contributed by atoms with Gasteiger partial charge >= 0.3 is 0 Å². The number of hydrogen-bond donors (Lipinski definition) is 1. The number of thiocarbonyl (C=S) groups is 1. The number of rotatable bonds is 5. The van der Waals surface area contributed by atoms with E-state index in [-0.39, 0.29) is 0 Å². The van der Waals surface area contributed by atoms with E-state index in [2.05, 4.69) is 12.2 Å². The summed E-state index contributed by atoms with van der Waals surface area (Å²) in [6.45, 7) is 2.20. The summed E-state index contributed by atoms with van der Waals surface area (Å²) in [5.74, 6) is 0. The van der Waals surface area contributed by atoms with E-state index < -0.39 is 0 Å². The van der Waals surface area contributed by atoms with Crippen LogP contribution in [0.1, 0.15) is 32.6 Å². The van der Waals surface area contributed by atoms with E-state index in [9.17, 15) is 0 Å². The highest BCUT2D eigenvalue weighted by Gasteiger charge is 1.96. The average molecular weight is 207 g/mol. The lowest BCUT2D eigenvalue weighted by atomic mass is 10.2. The van der Waals surface area contributed by atoms with Crippen LogP contribution in [0.4, 0.5) is 5.69 Å². The Labute approximate surface area is 91.5 Å². The van der Waals surface area contributed by atoms with Gasteiger partial charge in [0.1, 0.15) is 0 Å². The van der Waals surface area contributed by atoms with Gasteiger partial charge in [-0.3, -0.25) is 0 Å². The smallest absolute Gasteiger partial charge is 0.0797 e. The standard InChI is InChI=1S/C12H17NS/c1-2-3-5-10-12(14)13-11-8-6-4-7-9-11/h4,6-9H,2-3,5,10H2,1H3,(H,13,14). The summed E-state index contributed by atoms with van der Waals surface area (Å²) in [5.41, 5.74) is 1.09. The molecule has 0 aliphatic heterocycles. The van der Waals surface area contributed by atoms with Crippen LogP contribution in [0.3, 0.4) is 0 Å². The zero-order valence-corrected chi connectivity index (χ0v) is 9.44. The molecule has 0 aliphatic rings. The molecule has 0 spiro atoms. The molecule has 14 heavy (non-hydrogen) atoms. The van der Waals surface area contributed by atoms with Crippen molar-refractivity contribution in [1.29, 1.82) is 0 Å². The Morgan fingerprint density at radius 3 is 2.57 bits per heavy atom. The number of hydrogen-bond acceptors (Lipinski definition) is 1. The molecule has 0 fully saturated rings. The molecule has 0 atom stereocenters. The summed E-state index contributed by atoms with van der Waals surface area (Å²) >= 11 is 5.24. The second-order valence-corrected chi connectivity index (χ2v) is 3.86. The largest absolute Gasteiger partial charge is 0.350 e. The molecule has 0 radical (unpaired) electrons. The highest BCUT2D eigenvalue weighted by molar-refractivity contribution is 7.80. The van der Waals surface area contributed by atoms with Crippen LogP contribution in [0.2, 0.25) is 0 Å². The topological polar surface area (TPSA) is 12.0 Å². The molecule has 1 aromatic rings. The molecule has 0 aliphatic carbocycles. The van der Waals surface area contributed by atoms with Crippen molar-refractivity contribution in [1.82, 2.24) is 0 Å². The zero-order chi connectivity index (χ0) is 10.2. The SMILES string of the molecule is CCCCCC(=S)Nc1ccccc1. The number of benzene rings is 1. The third-order valence-corrected chi connectivity index (χ3v) is 2.37. The maximum absolute atomic E-state index is 5.24. The monoisotopic (exact) mass is 207 g/mol. The first-order chi connectivity index (χ1) is 6.83. The van der Waals surface area contributed by atoms with Crippen molar-refractivity contribution >= 4 is 22.9 Å². The van der Waals surface area contributed by atoms with Crippen LogP contribution < -0.4 is 5.32 Å². The fraction of sp³-hybridized carbons (Fsp3) is 0.417. The fourth-order valence-electron chi connectivity index (χ4n) is 1.28. The lowest BCUT2D eigenvalue weighted by Gasteiger charge is -2.06. The minimum atomic E-state index is 0.949. The fourth-order valence-corrected chi connectivity index (χ4v) is 1.54. The molecule has 1 aromatic carbocycles. The maximum Gasteiger partial charge on any atom is 0.0797 e. The van der Waals surface area contributed by atoms with Crippen LogP contribution in [-0.4, -0.2) is 4.99 Å². The maximum atomic E-state index is 5.24. The minimum absolute atomic E-state index is 0.949. The lowest BCUT2D eigenvalue weighted by Crippen LogP contribution is -2.08. The first-order valence-corrected chi connectivity index (χ1v) is 5.58. The van der Waals surface area contributed by atoms with Gasteiger partial charge in [0.15, 0.2) is 0 Å². The third kappa shape index (κ3) is 4.38. The first kappa shape index (κ1) is 11.2. The Hall–Kier alpha value is -0.890. The van der Waals surface area contributed by atoms with Crippen LogP contribution >= 0.6 is 12.2 Å². The highest BCUT2D eigenvalue weighted by Crippen LogP contribution is 2.08. The van der Waals surface area contributed by atoms with Crippen LogP contribution in [-0.2, 0) is 0 Å². The number of anilines is 1. The van der Waals surface area contributed by atoms with E-state index in [0.29, 0.717) is 0 Å². The molecule has 0 saturated carbocycles. The molecule has 0 heterocycles. The van der Waals surface area contributed by atoms with Crippen LogP contribution in [0.25, 0.3) is 0 Å². The van der Waals surface area contributed by atoms with Gasteiger partial charge in [-0.25, -0.2) is 0 Å². The molecule has 1 N–H and O–H groups in total. The van der Waals surface area contributed by atoms with Crippen molar-refractivity contribution in [3.8, 4) is 0 Å². The minimum Gasteiger partial charge on any atom is -0.350 e. The van der Waals surface area contributed by atoms with Crippen molar-refractivity contribution < 1.29 is 0 Å². The van der Waals surface area contributed by atoms with Crippen molar-refractivity contribution in [3.63, 3.8) is 0 Å². The van der Waals surface area contributed by atoms with E-state index in [1.165, 1.54) is 19.3 Å². The van der Waals surface area contributed by atoms with Gasteiger partial charge in [0.05, 0.1) is 4.99 Å². The summed E-state index contributed by atoms with van der Waals surface area (Å²) in [5, 5.41) is 3.23. The van der Waals surface area contributed by atoms with Gasteiger partial charge in [-0.15, -0.1) is 0 Å². The molecule has 0 saturated heterocycles. The van der Waals surface area contributed by atoms with Crippen molar-refractivity contribution in [3.05, 3.63) is 30.3 Å². The average Bonchev–Trinajstić information content (AvgIpc) is 2.20. The Morgan fingerprint density at radius 1 is 1.21 bits per heavy atom. The molecule has 0 amide bonds. The van der Waals surface area contributed by atoms with Crippen molar-refractivity contribution in [2.75, 3.05) is 5.32 Å². The second kappa shape index (κ2) is 6.55. The Kier molecular flexibility index (Phi) is 5.23. The first-order valence-electron chi connectivity index (χ1n) is 5.18. The van der Waals surface area contributed by atoms with Crippen molar-refractivity contribution in [2.24, 2.45) is 0 Å². The normalized spacial score (nSPS) is 9.79. The quantitative estimate of drug-likeness (QED) is 0.578. The second-order valence-electron chi connectivity index (χ2n) is 3.37. The number of unbranched alkanes of at least 4 members (excludes halogenated alkanes) is 2. The van der Waals surface area contributed by atoms with Gasteiger partial charge in [0.2, 0.25) is 0 Å². The molecule has 2 heteroatoms.